The minimum atomic E-state index is -0.199. The van der Waals surface area contributed by atoms with E-state index < -0.39 is 0 Å². The largest absolute Gasteiger partial charge is 0.323 e. The molecule has 0 aromatic rings. The summed E-state index contributed by atoms with van der Waals surface area (Å²) >= 11 is 0. The first-order valence-electron chi connectivity index (χ1n) is 5.69. The number of nitrogens with one attached hydrogen (secondary N) is 1. The van der Waals surface area contributed by atoms with Crippen molar-refractivity contribution in [2.45, 2.75) is 50.7 Å². The van der Waals surface area contributed by atoms with E-state index in [9.17, 15) is 4.79 Å². The van der Waals surface area contributed by atoms with Crippen LogP contribution in [0.3, 0.4) is 0 Å². The third-order valence-electron chi connectivity index (χ3n) is 3.43. The summed E-state index contributed by atoms with van der Waals surface area (Å²) in [6.07, 6.45) is 3.77. The van der Waals surface area contributed by atoms with Gasteiger partial charge in [-0.15, -0.1) is 0 Å². The lowest BCUT2D eigenvalue weighted by Gasteiger charge is -2.27. The molecule has 82 valence electrons. The van der Waals surface area contributed by atoms with Gasteiger partial charge >= 0.3 is 0 Å². The van der Waals surface area contributed by atoms with Gasteiger partial charge in [0.05, 0.1) is 12.1 Å². The molecule has 2 aliphatic heterocycles. The monoisotopic (exact) mass is 207 g/mol. The third kappa shape index (κ3) is 1.84. The van der Waals surface area contributed by atoms with Crippen molar-refractivity contribution in [3.05, 3.63) is 0 Å². The summed E-state index contributed by atoms with van der Waals surface area (Å²) in [5, 5.41) is 12.2. The Morgan fingerprint density at radius 3 is 2.87 bits per heavy atom. The van der Waals surface area contributed by atoms with Crippen molar-refractivity contribution in [1.82, 2.24) is 10.2 Å². The van der Waals surface area contributed by atoms with Crippen molar-refractivity contribution in [3.8, 4) is 6.07 Å². The molecule has 0 aromatic heterocycles. The Morgan fingerprint density at radius 2 is 2.27 bits per heavy atom. The predicted octanol–water partition coefficient (Wildman–Crippen LogP) is 0.641. The number of amides is 1. The summed E-state index contributed by atoms with van der Waals surface area (Å²) in [5.41, 5.74) is 0. The first-order chi connectivity index (χ1) is 7.24. The van der Waals surface area contributed by atoms with Crippen LogP contribution in [0.15, 0.2) is 0 Å². The first kappa shape index (κ1) is 10.4. The number of likely N-dealkylation sites (tertiary alicyclic amines) is 1. The topological polar surface area (TPSA) is 56.1 Å². The Kier molecular flexibility index (Phi) is 2.92. The van der Waals surface area contributed by atoms with Crippen LogP contribution >= 0.6 is 0 Å². The van der Waals surface area contributed by atoms with Crippen LogP contribution in [0.5, 0.6) is 0 Å². The molecule has 0 saturated carbocycles. The van der Waals surface area contributed by atoms with Crippen LogP contribution in [0.4, 0.5) is 0 Å². The molecule has 1 N–H and O–H groups in total. The fourth-order valence-corrected chi connectivity index (χ4v) is 2.56. The van der Waals surface area contributed by atoms with Crippen molar-refractivity contribution in [2.75, 3.05) is 6.54 Å². The normalized spacial score (nSPS) is 35.5. The van der Waals surface area contributed by atoms with E-state index in [4.69, 9.17) is 5.26 Å². The highest BCUT2D eigenvalue weighted by Crippen LogP contribution is 2.25. The van der Waals surface area contributed by atoms with E-state index in [1.165, 1.54) is 0 Å². The quantitative estimate of drug-likeness (QED) is 0.686. The van der Waals surface area contributed by atoms with E-state index in [0.29, 0.717) is 0 Å². The molecule has 4 heteroatoms. The molecule has 2 heterocycles. The van der Waals surface area contributed by atoms with E-state index in [0.717, 1.165) is 32.2 Å². The molecule has 2 fully saturated rings. The van der Waals surface area contributed by atoms with Gasteiger partial charge in [-0.1, -0.05) is 0 Å². The number of hydrogen-bond acceptors (Lipinski definition) is 3. The fraction of sp³-hybridized carbons (Fsp3) is 0.818. The fourth-order valence-electron chi connectivity index (χ4n) is 2.56. The number of hydrogen-bond donors (Lipinski definition) is 1. The maximum absolute atomic E-state index is 12.1. The molecule has 2 aliphatic rings. The van der Waals surface area contributed by atoms with Crippen LogP contribution in [0, 0.1) is 11.3 Å². The standard InChI is InChI=1S/C11H17N3O/c1-8-4-5-9(7-12)14(8)11(15)10-3-2-6-13-10/h8-10,13H,2-6H2,1H3/t8-,9+,10+/m1/s1. The minimum Gasteiger partial charge on any atom is -0.323 e. The van der Waals surface area contributed by atoms with Gasteiger partial charge in [0.25, 0.3) is 0 Å². The summed E-state index contributed by atoms with van der Waals surface area (Å²) in [5.74, 6) is 0.129. The van der Waals surface area contributed by atoms with Gasteiger partial charge in [-0.3, -0.25) is 4.79 Å². The molecule has 0 unspecified atom stereocenters. The molecule has 2 rings (SSSR count). The summed E-state index contributed by atoms with van der Waals surface area (Å²) in [6, 6.07) is 2.21. The number of carbonyl (C=O) groups excluding carboxylic acids is 1. The zero-order chi connectivity index (χ0) is 10.8. The zero-order valence-corrected chi connectivity index (χ0v) is 9.07. The average Bonchev–Trinajstić information content (AvgIpc) is 2.85. The smallest absolute Gasteiger partial charge is 0.241 e. The molecule has 0 aromatic carbocycles. The molecular formula is C11H17N3O. The number of rotatable bonds is 1. The summed E-state index contributed by atoms with van der Waals surface area (Å²) in [6.45, 7) is 2.96. The lowest BCUT2D eigenvalue weighted by Crippen LogP contribution is -2.48. The number of nitriles is 1. The van der Waals surface area contributed by atoms with Crippen molar-refractivity contribution in [3.63, 3.8) is 0 Å². The molecule has 15 heavy (non-hydrogen) atoms. The molecule has 0 bridgehead atoms. The number of nitrogens with zero attached hydrogens (tertiary/aromatic N) is 2. The van der Waals surface area contributed by atoms with Gasteiger partial charge < -0.3 is 10.2 Å². The Morgan fingerprint density at radius 1 is 1.47 bits per heavy atom. The highest BCUT2D eigenvalue weighted by molar-refractivity contribution is 5.83. The SMILES string of the molecule is C[C@@H]1CC[C@@H](C#N)N1C(=O)[C@@H]1CCCN1. The van der Waals surface area contributed by atoms with Crippen LogP contribution in [0.2, 0.25) is 0 Å². The van der Waals surface area contributed by atoms with E-state index >= 15 is 0 Å². The second kappa shape index (κ2) is 4.19. The summed E-state index contributed by atoms with van der Waals surface area (Å²) in [7, 11) is 0. The highest BCUT2D eigenvalue weighted by atomic mass is 16.2. The average molecular weight is 207 g/mol. The third-order valence-corrected chi connectivity index (χ3v) is 3.43. The maximum Gasteiger partial charge on any atom is 0.241 e. The second-order valence-electron chi connectivity index (χ2n) is 4.47. The lowest BCUT2D eigenvalue weighted by atomic mass is 10.1. The molecule has 0 aliphatic carbocycles. The van der Waals surface area contributed by atoms with Gasteiger partial charge in [0.2, 0.25) is 5.91 Å². The summed E-state index contributed by atoms with van der Waals surface area (Å²) in [4.78, 5) is 13.9. The van der Waals surface area contributed by atoms with Crippen molar-refractivity contribution >= 4 is 5.91 Å². The Labute approximate surface area is 90.2 Å². The van der Waals surface area contributed by atoms with Crippen LogP contribution in [-0.4, -0.2) is 35.5 Å². The van der Waals surface area contributed by atoms with Crippen molar-refractivity contribution < 1.29 is 4.79 Å². The van der Waals surface area contributed by atoms with E-state index in [2.05, 4.69) is 11.4 Å². The zero-order valence-electron chi connectivity index (χ0n) is 9.07. The van der Waals surface area contributed by atoms with E-state index in [-0.39, 0.29) is 24.0 Å². The number of carbonyl (C=O) groups is 1. The predicted molar refractivity (Wildman–Crippen MR) is 56.0 cm³/mol. The first-order valence-corrected chi connectivity index (χ1v) is 5.69. The molecule has 4 nitrogen and oxygen atoms in total. The van der Waals surface area contributed by atoms with Crippen LogP contribution < -0.4 is 5.32 Å². The van der Waals surface area contributed by atoms with Gasteiger partial charge in [-0.25, -0.2) is 0 Å². The van der Waals surface area contributed by atoms with Crippen molar-refractivity contribution in [2.24, 2.45) is 0 Å². The van der Waals surface area contributed by atoms with Gasteiger partial charge in [0, 0.05) is 6.04 Å². The molecule has 3 atom stereocenters. The molecule has 2 saturated heterocycles. The van der Waals surface area contributed by atoms with E-state index in [1.807, 2.05) is 6.92 Å². The van der Waals surface area contributed by atoms with Crippen molar-refractivity contribution in [1.29, 1.82) is 5.26 Å². The summed E-state index contributed by atoms with van der Waals surface area (Å²) < 4.78 is 0. The molecule has 0 radical (unpaired) electrons. The maximum atomic E-state index is 12.1. The van der Waals surface area contributed by atoms with Gasteiger partial charge in [-0.05, 0) is 39.2 Å². The van der Waals surface area contributed by atoms with Gasteiger partial charge in [-0.2, -0.15) is 5.26 Å². The Hall–Kier alpha value is -1.08. The van der Waals surface area contributed by atoms with Crippen LogP contribution in [-0.2, 0) is 4.79 Å². The Balaban J connectivity index is 2.07. The van der Waals surface area contributed by atoms with E-state index in [1.54, 1.807) is 4.90 Å². The van der Waals surface area contributed by atoms with Crippen LogP contribution in [0.1, 0.15) is 32.6 Å². The second-order valence-corrected chi connectivity index (χ2v) is 4.47. The molecular weight excluding hydrogens is 190 g/mol. The van der Waals surface area contributed by atoms with Gasteiger partial charge in [0.1, 0.15) is 6.04 Å². The minimum absolute atomic E-state index is 0.0404. The highest BCUT2D eigenvalue weighted by Gasteiger charge is 2.38. The molecule has 1 amide bonds. The van der Waals surface area contributed by atoms with Crippen LogP contribution in [0.25, 0.3) is 0 Å². The van der Waals surface area contributed by atoms with Gasteiger partial charge in [0.15, 0.2) is 0 Å². The Bertz CT molecular complexity index is 291. The lowest BCUT2D eigenvalue weighted by molar-refractivity contribution is -0.134. The molecule has 0 spiro atoms.